The molecule has 0 aliphatic heterocycles. The van der Waals surface area contributed by atoms with E-state index in [1.165, 1.54) is 18.0 Å². The van der Waals surface area contributed by atoms with Crippen LogP contribution in [0.5, 0.6) is 0 Å². The highest BCUT2D eigenvalue weighted by Gasteiger charge is 2.16. The van der Waals surface area contributed by atoms with E-state index in [0.29, 0.717) is 5.56 Å². The molecule has 0 bridgehead atoms. The molecule has 3 rings (SSSR count). The lowest BCUT2D eigenvalue weighted by Gasteiger charge is -2.09. The van der Waals surface area contributed by atoms with Gasteiger partial charge in [0.25, 0.3) is 5.91 Å². The summed E-state index contributed by atoms with van der Waals surface area (Å²) in [6.07, 6.45) is 0. The van der Waals surface area contributed by atoms with Crippen LogP contribution in [0.1, 0.15) is 32.2 Å². The number of amides is 1. The Kier molecular flexibility index (Phi) is 6.02. The molecule has 0 saturated heterocycles. The third-order valence-corrected chi connectivity index (χ3v) is 6.92. The van der Waals surface area contributed by atoms with Gasteiger partial charge in [-0.05, 0) is 56.1 Å². The molecule has 0 spiro atoms. The summed E-state index contributed by atoms with van der Waals surface area (Å²) in [5, 5.41) is 4.93. The van der Waals surface area contributed by atoms with Crippen molar-refractivity contribution in [3.8, 4) is 0 Å². The summed E-state index contributed by atoms with van der Waals surface area (Å²) in [5.41, 5.74) is 3.29. The number of aromatic nitrogens is 1. The molecule has 6 nitrogen and oxygen atoms in total. The van der Waals surface area contributed by atoms with Crippen molar-refractivity contribution in [3.63, 3.8) is 0 Å². The van der Waals surface area contributed by atoms with Crippen LogP contribution in [-0.4, -0.2) is 25.9 Å². The summed E-state index contributed by atoms with van der Waals surface area (Å²) >= 11 is 1.69. The summed E-state index contributed by atoms with van der Waals surface area (Å²) in [7, 11) is -2.14. The number of hydrogen-bond donors (Lipinski definition) is 2. The maximum absolute atomic E-state index is 12.7. The maximum atomic E-state index is 12.7. The highest BCUT2D eigenvalue weighted by Crippen LogP contribution is 2.19. The van der Waals surface area contributed by atoms with Gasteiger partial charge in [-0.2, -0.15) is 0 Å². The number of hydrogen-bond acceptors (Lipinski definition) is 4. The van der Waals surface area contributed by atoms with Gasteiger partial charge in [-0.25, -0.2) is 13.1 Å². The summed E-state index contributed by atoms with van der Waals surface area (Å²) in [6, 6.07) is 12.5. The fourth-order valence-electron chi connectivity index (χ4n) is 3.05. The van der Waals surface area contributed by atoms with Crippen molar-refractivity contribution >= 4 is 27.3 Å². The van der Waals surface area contributed by atoms with Gasteiger partial charge in [0, 0.05) is 22.8 Å². The SMILES string of the molecule is CNS(=O)(=O)c1cccc(CNC(=O)c2cc(C)n(Cc3cccs3)c2C)c1. The van der Waals surface area contributed by atoms with E-state index < -0.39 is 10.0 Å². The van der Waals surface area contributed by atoms with Crippen LogP contribution < -0.4 is 10.0 Å². The van der Waals surface area contributed by atoms with Gasteiger partial charge in [-0.1, -0.05) is 18.2 Å². The van der Waals surface area contributed by atoms with Crippen molar-refractivity contribution in [3.05, 3.63) is 75.2 Å². The van der Waals surface area contributed by atoms with Gasteiger partial charge in [-0.15, -0.1) is 11.3 Å². The molecule has 2 heterocycles. The molecule has 0 aliphatic rings. The summed E-state index contributed by atoms with van der Waals surface area (Å²) in [6.45, 7) is 4.92. The molecule has 2 aromatic heterocycles. The smallest absolute Gasteiger partial charge is 0.253 e. The fraction of sp³-hybridized carbons (Fsp3) is 0.250. The van der Waals surface area contributed by atoms with Crippen molar-refractivity contribution in [2.24, 2.45) is 0 Å². The largest absolute Gasteiger partial charge is 0.348 e. The van der Waals surface area contributed by atoms with E-state index in [2.05, 4.69) is 20.7 Å². The van der Waals surface area contributed by atoms with Crippen LogP contribution in [0.15, 0.2) is 52.7 Å². The molecule has 0 radical (unpaired) electrons. The Labute approximate surface area is 169 Å². The maximum Gasteiger partial charge on any atom is 0.253 e. The molecule has 0 aliphatic carbocycles. The number of nitrogens with zero attached hydrogens (tertiary/aromatic N) is 1. The highest BCUT2D eigenvalue weighted by molar-refractivity contribution is 7.89. The van der Waals surface area contributed by atoms with E-state index >= 15 is 0 Å². The molecular weight excluding hydrogens is 394 g/mol. The lowest BCUT2D eigenvalue weighted by atomic mass is 10.2. The first kappa shape index (κ1) is 20.3. The molecule has 28 heavy (non-hydrogen) atoms. The Bertz CT molecular complexity index is 1080. The quantitative estimate of drug-likeness (QED) is 0.620. The van der Waals surface area contributed by atoms with Crippen molar-refractivity contribution in [2.75, 3.05) is 7.05 Å². The number of aryl methyl sites for hydroxylation is 1. The average Bonchev–Trinajstić information content (AvgIpc) is 3.30. The van der Waals surface area contributed by atoms with Gasteiger partial charge in [0.2, 0.25) is 10.0 Å². The van der Waals surface area contributed by atoms with E-state index in [0.717, 1.165) is 23.5 Å². The van der Waals surface area contributed by atoms with Crippen LogP contribution in [0, 0.1) is 13.8 Å². The second-order valence-corrected chi connectivity index (χ2v) is 9.41. The first-order valence-electron chi connectivity index (χ1n) is 8.81. The van der Waals surface area contributed by atoms with Crippen molar-refractivity contribution in [2.45, 2.75) is 31.8 Å². The summed E-state index contributed by atoms with van der Waals surface area (Å²) < 4.78 is 28.3. The van der Waals surface area contributed by atoms with Gasteiger partial charge in [0.05, 0.1) is 17.0 Å². The summed E-state index contributed by atoms with van der Waals surface area (Å²) in [5.74, 6) is -0.174. The number of carbonyl (C=O) groups excluding carboxylic acids is 1. The van der Waals surface area contributed by atoms with Gasteiger partial charge in [0.15, 0.2) is 0 Å². The van der Waals surface area contributed by atoms with E-state index in [1.54, 1.807) is 29.5 Å². The number of benzene rings is 1. The van der Waals surface area contributed by atoms with E-state index in [4.69, 9.17) is 0 Å². The normalized spacial score (nSPS) is 11.5. The predicted octanol–water partition coefficient (Wildman–Crippen LogP) is 3.05. The Morgan fingerprint density at radius 2 is 1.93 bits per heavy atom. The molecule has 0 fully saturated rings. The van der Waals surface area contributed by atoms with Gasteiger partial charge >= 0.3 is 0 Å². The zero-order valence-electron chi connectivity index (χ0n) is 16.0. The van der Waals surface area contributed by atoms with Crippen LogP contribution in [0.25, 0.3) is 0 Å². The van der Waals surface area contributed by atoms with Crippen molar-refractivity contribution in [1.29, 1.82) is 0 Å². The number of carbonyl (C=O) groups is 1. The van der Waals surface area contributed by atoms with E-state index in [9.17, 15) is 13.2 Å². The lowest BCUT2D eigenvalue weighted by molar-refractivity contribution is 0.0950. The first-order valence-corrected chi connectivity index (χ1v) is 11.2. The Hall–Kier alpha value is -2.42. The Balaban J connectivity index is 1.73. The first-order chi connectivity index (χ1) is 13.3. The minimum atomic E-state index is -3.51. The minimum Gasteiger partial charge on any atom is -0.348 e. The molecule has 1 amide bonds. The molecule has 8 heteroatoms. The number of thiophene rings is 1. The van der Waals surface area contributed by atoms with Crippen LogP contribution in [0.4, 0.5) is 0 Å². The third kappa shape index (κ3) is 4.35. The lowest BCUT2D eigenvalue weighted by Crippen LogP contribution is -2.24. The Morgan fingerprint density at radius 1 is 1.14 bits per heavy atom. The standard InChI is InChI=1S/C20H23N3O3S2/c1-14-10-19(15(2)23(14)13-17-7-5-9-27-17)20(24)22-12-16-6-4-8-18(11-16)28(25,26)21-3/h4-11,21H,12-13H2,1-3H3,(H,22,24). The zero-order chi connectivity index (χ0) is 20.3. The highest BCUT2D eigenvalue weighted by atomic mass is 32.2. The Morgan fingerprint density at radius 3 is 2.61 bits per heavy atom. The molecule has 0 atom stereocenters. The van der Waals surface area contributed by atoms with Crippen LogP contribution in [0.3, 0.4) is 0 Å². The van der Waals surface area contributed by atoms with Crippen molar-refractivity contribution in [1.82, 2.24) is 14.6 Å². The zero-order valence-corrected chi connectivity index (χ0v) is 17.7. The molecule has 3 aromatic rings. The topological polar surface area (TPSA) is 80.2 Å². The van der Waals surface area contributed by atoms with E-state index in [1.807, 2.05) is 31.4 Å². The fourth-order valence-corrected chi connectivity index (χ4v) is 4.54. The van der Waals surface area contributed by atoms with Gasteiger partial charge in [-0.3, -0.25) is 4.79 Å². The minimum absolute atomic E-state index is 0.174. The van der Waals surface area contributed by atoms with Crippen LogP contribution >= 0.6 is 11.3 Å². The molecule has 2 N–H and O–H groups in total. The second-order valence-electron chi connectivity index (χ2n) is 6.49. The number of rotatable bonds is 7. The molecular formula is C20H23N3O3S2. The van der Waals surface area contributed by atoms with E-state index in [-0.39, 0.29) is 17.3 Å². The monoisotopic (exact) mass is 417 g/mol. The average molecular weight is 418 g/mol. The second kappa shape index (κ2) is 8.30. The van der Waals surface area contributed by atoms with Gasteiger partial charge in [0.1, 0.15) is 0 Å². The number of sulfonamides is 1. The molecule has 1 aromatic carbocycles. The third-order valence-electron chi connectivity index (χ3n) is 4.64. The molecule has 0 unspecified atom stereocenters. The number of nitrogens with one attached hydrogen (secondary N) is 2. The molecule has 0 saturated carbocycles. The van der Waals surface area contributed by atoms with Crippen LogP contribution in [-0.2, 0) is 23.1 Å². The molecule has 148 valence electrons. The van der Waals surface area contributed by atoms with Gasteiger partial charge < -0.3 is 9.88 Å². The van der Waals surface area contributed by atoms with Crippen LogP contribution in [0.2, 0.25) is 0 Å². The predicted molar refractivity (Wildman–Crippen MR) is 111 cm³/mol. The van der Waals surface area contributed by atoms with Crippen molar-refractivity contribution < 1.29 is 13.2 Å². The summed E-state index contributed by atoms with van der Waals surface area (Å²) in [4.78, 5) is 14.1.